The van der Waals surface area contributed by atoms with Gasteiger partial charge in [-0.1, -0.05) is 24.8 Å². The molecule has 0 unspecified atom stereocenters. The minimum absolute atomic E-state index is 0.181. The van der Waals surface area contributed by atoms with Crippen molar-refractivity contribution >= 4 is 36.9 Å². The average molecular weight is 341 g/mol. The van der Waals surface area contributed by atoms with Crippen molar-refractivity contribution < 1.29 is 9.94 Å². The number of oxime groups is 1. The Balaban J connectivity index is 2.28. The van der Waals surface area contributed by atoms with E-state index in [1.54, 1.807) is 6.20 Å². The van der Waals surface area contributed by atoms with Gasteiger partial charge >= 0.3 is 0 Å². The van der Waals surface area contributed by atoms with Gasteiger partial charge in [0.25, 0.3) is 0 Å². The van der Waals surface area contributed by atoms with Crippen LogP contribution in [0.2, 0.25) is 31.0 Å². The van der Waals surface area contributed by atoms with E-state index < -0.39 is 8.07 Å². The Labute approximate surface area is 135 Å². The third kappa shape index (κ3) is 3.85. The second-order valence-corrected chi connectivity index (χ2v) is 12.4. The van der Waals surface area contributed by atoms with Crippen LogP contribution in [0.5, 0.6) is 0 Å². The van der Waals surface area contributed by atoms with Crippen LogP contribution in [0.3, 0.4) is 0 Å². The summed E-state index contributed by atoms with van der Waals surface area (Å²) in [6.45, 7) is 9.98. The number of fused-ring (bicyclic) bond motifs is 1. The lowest BCUT2D eigenvalue weighted by atomic mass is 10.2. The molecule has 0 amide bonds. The summed E-state index contributed by atoms with van der Waals surface area (Å²) < 4.78 is 7.72. The smallest absolute Gasteiger partial charge is 0.224 e. The first-order chi connectivity index (χ1) is 10.3. The number of nitrogens with zero attached hydrogens (tertiary/aromatic N) is 4. The highest BCUT2D eigenvalue weighted by Gasteiger charge is 2.16. The molecule has 1 N–H and O–H groups in total. The number of hydrogen-bond acceptors (Lipinski definition) is 5. The highest BCUT2D eigenvalue weighted by Crippen LogP contribution is 2.24. The van der Waals surface area contributed by atoms with E-state index in [0.29, 0.717) is 12.4 Å². The molecule has 0 aliphatic heterocycles. The average Bonchev–Trinajstić information content (AvgIpc) is 2.67. The van der Waals surface area contributed by atoms with Crippen LogP contribution in [0.1, 0.15) is 11.3 Å². The van der Waals surface area contributed by atoms with Crippen molar-refractivity contribution in [2.75, 3.05) is 6.61 Å². The van der Waals surface area contributed by atoms with Crippen LogP contribution >= 0.6 is 11.6 Å². The van der Waals surface area contributed by atoms with E-state index in [1.165, 1.54) is 6.21 Å². The van der Waals surface area contributed by atoms with Gasteiger partial charge in [0.05, 0.1) is 6.21 Å². The molecule has 0 saturated carbocycles. The summed E-state index contributed by atoms with van der Waals surface area (Å²) in [6.07, 6.45) is 3.01. The van der Waals surface area contributed by atoms with E-state index in [9.17, 15) is 0 Å². The number of halogens is 1. The maximum absolute atomic E-state index is 8.84. The Morgan fingerprint density at radius 3 is 2.82 bits per heavy atom. The van der Waals surface area contributed by atoms with Crippen LogP contribution in [0.15, 0.2) is 11.4 Å². The van der Waals surface area contributed by atoms with Crippen LogP contribution in [-0.4, -0.2) is 40.6 Å². The second kappa shape index (κ2) is 6.76. The molecule has 2 rings (SSSR count). The van der Waals surface area contributed by atoms with Crippen molar-refractivity contribution in [2.24, 2.45) is 5.16 Å². The molecule has 0 spiro atoms. The first-order valence-electron chi connectivity index (χ1n) is 7.10. The topological polar surface area (TPSA) is 72.5 Å². The van der Waals surface area contributed by atoms with Gasteiger partial charge in [0, 0.05) is 37.5 Å². The van der Waals surface area contributed by atoms with Gasteiger partial charge in [-0.15, -0.1) is 0 Å². The van der Waals surface area contributed by atoms with Crippen molar-refractivity contribution in [3.63, 3.8) is 0 Å². The molecule has 2 heterocycles. The van der Waals surface area contributed by atoms with Gasteiger partial charge in [0.15, 0.2) is 0 Å². The Kier molecular flexibility index (Phi) is 5.20. The fourth-order valence-electron chi connectivity index (χ4n) is 2.16. The summed E-state index contributed by atoms with van der Waals surface area (Å²) in [4.78, 5) is 8.27. The molecule has 0 atom stereocenters. The van der Waals surface area contributed by atoms with Crippen LogP contribution < -0.4 is 0 Å². The molecular formula is C14H21ClN4O2Si. The van der Waals surface area contributed by atoms with Gasteiger partial charge in [-0.3, -0.25) is 0 Å². The summed E-state index contributed by atoms with van der Waals surface area (Å²) in [5, 5.41) is 12.9. The van der Waals surface area contributed by atoms with E-state index in [1.807, 2.05) is 11.5 Å². The number of hydrogen-bond donors (Lipinski definition) is 1. The minimum Gasteiger partial charge on any atom is -0.411 e. The van der Waals surface area contributed by atoms with Gasteiger partial charge in [-0.05, 0) is 24.6 Å². The maximum atomic E-state index is 8.84. The standard InChI is InChI=1S/C14H21ClN4O2Si/c1-10-11(8-17-20)12-7-16-14(15)18-13(12)19(10)9-21-5-6-22(2,3)4/h7-8,20H,5-6,9H2,1-4H3. The first-order valence-corrected chi connectivity index (χ1v) is 11.2. The highest BCUT2D eigenvalue weighted by molar-refractivity contribution is 6.76. The van der Waals surface area contributed by atoms with Crippen molar-refractivity contribution in [2.45, 2.75) is 39.3 Å². The molecule has 0 radical (unpaired) electrons. The number of aromatic nitrogens is 3. The molecule has 0 bridgehead atoms. The first kappa shape index (κ1) is 16.9. The van der Waals surface area contributed by atoms with E-state index in [0.717, 1.165) is 29.3 Å². The molecule has 120 valence electrons. The van der Waals surface area contributed by atoms with Crippen LogP contribution in [0, 0.1) is 6.92 Å². The van der Waals surface area contributed by atoms with Gasteiger partial charge in [0.1, 0.15) is 12.4 Å². The largest absolute Gasteiger partial charge is 0.411 e. The summed E-state index contributed by atoms with van der Waals surface area (Å²) in [5.74, 6) is 0. The fourth-order valence-corrected chi connectivity index (χ4v) is 3.05. The molecule has 6 nitrogen and oxygen atoms in total. The van der Waals surface area contributed by atoms with Gasteiger partial charge in [-0.25, -0.2) is 4.98 Å². The zero-order valence-corrected chi connectivity index (χ0v) is 15.1. The Bertz CT molecular complexity index is 694. The van der Waals surface area contributed by atoms with Crippen LogP contribution in [0.4, 0.5) is 0 Å². The van der Waals surface area contributed by atoms with Crippen molar-refractivity contribution in [3.8, 4) is 0 Å². The van der Waals surface area contributed by atoms with E-state index in [4.69, 9.17) is 21.5 Å². The van der Waals surface area contributed by atoms with Gasteiger partial charge in [-0.2, -0.15) is 4.98 Å². The van der Waals surface area contributed by atoms with Crippen molar-refractivity contribution in [1.82, 2.24) is 14.5 Å². The Morgan fingerprint density at radius 1 is 1.45 bits per heavy atom. The van der Waals surface area contributed by atoms with Crippen LogP contribution in [0.25, 0.3) is 11.0 Å². The quantitative estimate of drug-likeness (QED) is 0.218. The normalized spacial score (nSPS) is 12.6. The van der Waals surface area contributed by atoms with Gasteiger partial charge < -0.3 is 14.5 Å². The zero-order chi connectivity index (χ0) is 16.3. The summed E-state index contributed by atoms with van der Waals surface area (Å²) in [6, 6.07) is 1.10. The summed E-state index contributed by atoms with van der Waals surface area (Å²) >= 11 is 5.90. The predicted molar refractivity (Wildman–Crippen MR) is 90.8 cm³/mol. The maximum Gasteiger partial charge on any atom is 0.224 e. The predicted octanol–water partition coefficient (Wildman–Crippen LogP) is 3.51. The molecule has 2 aromatic rings. The molecule has 0 aliphatic carbocycles. The van der Waals surface area contributed by atoms with Crippen LogP contribution in [-0.2, 0) is 11.5 Å². The molecular weight excluding hydrogens is 320 g/mol. The Hall–Kier alpha value is -1.44. The van der Waals surface area contributed by atoms with Crippen molar-refractivity contribution in [1.29, 1.82) is 0 Å². The van der Waals surface area contributed by atoms with Gasteiger partial charge in [0.2, 0.25) is 5.28 Å². The molecule has 0 fully saturated rings. The SMILES string of the molecule is Cc1c(C=NO)c2cnc(Cl)nc2n1COCC[Si](C)(C)C. The van der Waals surface area contributed by atoms with E-state index in [2.05, 4.69) is 34.8 Å². The molecule has 22 heavy (non-hydrogen) atoms. The molecule has 8 heteroatoms. The van der Waals surface area contributed by atoms with E-state index in [-0.39, 0.29) is 5.28 Å². The molecule has 0 saturated heterocycles. The fraction of sp³-hybridized carbons (Fsp3) is 0.500. The summed E-state index contributed by atoms with van der Waals surface area (Å²) in [7, 11) is -1.11. The van der Waals surface area contributed by atoms with E-state index >= 15 is 0 Å². The summed E-state index contributed by atoms with van der Waals surface area (Å²) in [5.41, 5.74) is 2.35. The monoisotopic (exact) mass is 340 g/mol. The molecule has 0 aromatic carbocycles. The highest BCUT2D eigenvalue weighted by atomic mass is 35.5. The lowest BCUT2D eigenvalue weighted by molar-refractivity contribution is 0.0886. The number of rotatable bonds is 6. The third-order valence-corrected chi connectivity index (χ3v) is 5.37. The molecule has 0 aliphatic rings. The van der Waals surface area contributed by atoms with Crippen molar-refractivity contribution in [3.05, 3.63) is 22.7 Å². The molecule has 2 aromatic heterocycles. The zero-order valence-electron chi connectivity index (χ0n) is 13.3. The minimum atomic E-state index is -1.11. The lowest BCUT2D eigenvalue weighted by Crippen LogP contribution is -2.22. The second-order valence-electron chi connectivity index (χ2n) is 6.40. The number of ether oxygens (including phenoxy) is 1. The lowest BCUT2D eigenvalue weighted by Gasteiger charge is -2.16. The third-order valence-electron chi connectivity index (χ3n) is 3.48. The Morgan fingerprint density at radius 2 is 2.18 bits per heavy atom.